The van der Waals surface area contributed by atoms with Gasteiger partial charge in [-0.3, -0.25) is 14.9 Å². The van der Waals surface area contributed by atoms with Crippen molar-refractivity contribution < 1.29 is 23.5 Å². The van der Waals surface area contributed by atoms with Crippen LogP contribution in [0.25, 0.3) is 0 Å². The van der Waals surface area contributed by atoms with Gasteiger partial charge in [-0.15, -0.1) is 5.10 Å². The number of halogens is 1. The van der Waals surface area contributed by atoms with Crippen molar-refractivity contribution >= 4 is 35.1 Å². The monoisotopic (exact) mass is 442 g/mol. The largest absolute Gasteiger partial charge is 0.497 e. The predicted octanol–water partition coefficient (Wildman–Crippen LogP) is 3.51. The van der Waals surface area contributed by atoms with Gasteiger partial charge in [-0.1, -0.05) is 16.7 Å². The standard InChI is InChI=1S/C21H19ClN4O5/c1-29-15-6-4-14(5-7-15)26-11-13(10-18(26)27)20-24-25-21(31-20)23-19(28)12-3-8-17(30-2)16(22)9-12/h3-9,13H,10-11H2,1-2H3,(H,23,25,28). The zero-order chi connectivity index (χ0) is 22.0. The molecule has 1 N–H and O–H groups in total. The van der Waals surface area contributed by atoms with E-state index in [2.05, 4.69) is 15.5 Å². The Kier molecular flexibility index (Phi) is 5.77. The molecule has 0 radical (unpaired) electrons. The summed E-state index contributed by atoms with van der Waals surface area (Å²) in [4.78, 5) is 26.6. The van der Waals surface area contributed by atoms with Gasteiger partial charge in [0, 0.05) is 24.2 Å². The lowest BCUT2D eigenvalue weighted by atomic mass is 10.1. The molecule has 1 aliphatic heterocycles. The van der Waals surface area contributed by atoms with Gasteiger partial charge in [-0.05, 0) is 42.5 Å². The van der Waals surface area contributed by atoms with Crippen molar-refractivity contribution in [3.63, 3.8) is 0 Å². The molecule has 1 fully saturated rings. The molecule has 1 aliphatic rings. The predicted molar refractivity (Wildman–Crippen MR) is 113 cm³/mol. The Balaban J connectivity index is 1.43. The number of hydrogen-bond acceptors (Lipinski definition) is 7. The Bertz CT molecular complexity index is 1120. The minimum atomic E-state index is -0.456. The zero-order valence-electron chi connectivity index (χ0n) is 16.8. The Morgan fingerprint density at radius 1 is 1.16 bits per heavy atom. The Hall–Kier alpha value is -3.59. The van der Waals surface area contributed by atoms with E-state index in [4.69, 9.17) is 25.5 Å². The Labute approximate surface area is 182 Å². The van der Waals surface area contributed by atoms with Crippen LogP contribution in [0.15, 0.2) is 46.9 Å². The molecule has 0 aliphatic carbocycles. The van der Waals surface area contributed by atoms with Crippen LogP contribution in [0.3, 0.4) is 0 Å². The number of nitrogens with one attached hydrogen (secondary N) is 1. The summed E-state index contributed by atoms with van der Waals surface area (Å²) in [6.07, 6.45) is 0.232. The van der Waals surface area contributed by atoms with Crippen LogP contribution in [-0.4, -0.2) is 42.8 Å². The van der Waals surface area contributed by atoms with Crippen molar-refractivity contribution in [1.29, 1.82) is 0 Å². The fourth-order valence-electron chi connectivity index (χ4n) is 3.31. The smallest absolute Gasteiger partial charge is 0.322 e. The van der Waals surface area contributed by atoms with Crippen LogP contribution in [0.4, 0.5) is 11.7 Å². The minimum Gasteiger partial charge on any atom is -0.497 e. The molecule has 2 heterocycles. The van der Waals surface area contributed by atoms with Crippen molar-refractivity contribution in [3.8, 4) is 11.5 Å². The van der Waals surface area contributed by atoms with Gasteiger partial charge in [0.2, 0.25) is 11.8 Å². The third-order valence-electron chi connectivity index (χ3n) is 4.93. The summed E-state index contributed by atoms with van der Waals surface area (Å²) in [5.41, 5.74) is 1.07. The SMILES string of the molecule is COc1ccc(N2CC(c3nnc(NC(=O)c4ccc(OC)c(Cl)c4)o3)CC2=O)cc1. The van der Waals surface area contributed by atoms with Crippen LogP contribution in [-0.2, 0) is 4.79 Å². The van der Waals surface area contributed by atoms with Crippen molar-refractivity contribution in [1.82, 2.24) is 10.2 Å². The molecule has 3 aromatic rings. The first kappa shape index (κ1) is 20.7. The molecule has 1 saturated heterocycles. The second-order valence-corrected chi connectivity index (χ2v) is 7.26. The average Bonchev–Trinajstić information content (AvgIpc) is 3.40. The number of carbonyl (C=O) groups is 2. The molecular formula is C21H19ClN4O5. The first-order valence-corrected chi connectivity index (χ1v) is 9.79. The van der Waals surface area contributed by atoms with Crippen LogP contribution in [0.2, 0.25) is 5.02 Å². The van der Waals surface area contributed by atoms with Gasteiger partial charge in [0.05, 0.1) is 25.2 Å². The second-order valence-electron chi connectivity index (χ2n) is 6.85. The molecule has 9 nitrogen and oxygen atoms in total. The number of carbonyl (C=O) groups excluding carboxylic acids is 2. The number of aromatic nitrogens is 2. The van der Waals surface area contributed by atoms with Crippen molar-refractivity contribution in [2.45, 2.75) is 12.3 Å². The topological polar surface area (TPSA) is 107 Å². The highest BCUT2D eigenvalue weighted by molar-refractivity contribution is 6.32. The highest BCUT2D eigenvalue weighted by Crippen LogP contribution is 2.32. The molecule has 10 heteroatoms. The first-order valence-electron chi connectivity index (χ1n) is 9.41. The van der Waals surface area contributed by atoms with E-state index in [0.29, 0.717) is 28.6 Å². The molecule has 0 saturated carbocycles. The molecule has 0 spiro atoms. The maximum Gasteiger partial charge on any atom is 0.322 e. The maximum atomic E-state index is 12.5. The minimum absolute atomic E-state index is 0.0492. The summed E-state index contributed by atoms with van der Waals surface area (Å²) in [7, 11) is 3.08. The molecule has 0 bridgehead atoms. The average molecular weight is 443 g/mol. The lowest BCUT2D eigenvalue weighted by molar-refractivity contribution is -0.117. The number of rotatable bonds is 6. The van der Waals surface area contributed by atoms with Crippen LogP contribution >= 0.6 is 11.6 Å². The van der Waals surface area contributed by atoms with E-state index < -0.39 is 5.91 Å². The van der Waals surface area contributed by atoms with Crippen LogP contribution in [0.1, 0.15) is 28.6 Å². The summed E-state index contributed by atoms with van der Waals surface area (Å²) >= 11 is 6.06. The van der Waals surface area contributed by atoms with Crippen LogP contribution in [0, 0.1) is 0 Å². The molecule has 2 aromatic carbocycles. The van der Waals surface area contributed by atoms with Gasteiger partial charge in [0.25, 0.3) is 5.91 Å². The van der Waals surface area contributed by atoms with Gasteiger partial charge in [0.1, 0.15) is 11.5 Å². The highest BCUT2D eigenvalue weighted by atomic mass is 35.5. The van der Waals surface area contributed by atoms with E-state index in [1.807, 2.05) is 12.1 Å². The third-order valence-corrected chi connectivity index (χ3v) is 5.23. The number of hydrogen-bond donors (Lipinski definition) is 1. The quantitative estimate of drug-likeness (QED) is 0.622. The molecule has 160 valence electrons. The fourth-order valence-corrected chi connectivity index (χ4v) is 3.57. The summed E-state index contributed by atoms with van der Waals surface area (Å²) in [5.74, 6) is 0.678. The summed E-state index contributed by atoms with van der Waals surface area (Å²) in [6, 6.07) is 11.8. The first-order chi connectivity index (χ1) is 15.0. The number of amides is 2. The molecule has 4 rings (SSSR count). The zero-order valence-corrected chi connectivity index (χ0v) is 17.5. The maximum absolute atomic E-state index is 12.5. The van der Waals surface area contributed by atoms with Gasteiger partial charge in [0.15, 0.2) is 0 Å². The molecule has 31 heavy (non-hydrogen) atoms. The van der Waals surface area contributed by atoms with Gasteiger partial charge < -0.3 is 18.8 Å². The fraction of sp³-hybridized carbons (Fsp3) is 0.238. The van der Waals surface area contributed by atoms with Gasteiger partial charge in [-0.25, -0.2) is 0 Å². The van der Waals surface area contributed by atoms with E-state index >= 15 is 0 Å². The van der Waals surface area contributed by atoms with E-state index in [0.717, 1.165) is 5.69 Å². The summed E-state index contributed by atoms with van der Waals surface area (Å²) in [6.45, 7) is 0.398. The Morgan fingerprint density at radius 3 is 2.61 bits per heavy atom. The summed E-state index contributed by atoms with van der Waals surface area (Å²) < 4.78 is 15.8. The molecule has 1 aromatic heterocycles. The lowest BCUT2D eigenvalue weighted by Crippen LogP contribution is -2.24. The normalized spacial score (nSPS) is 15.8. The van der Waals surface area contributed by atoms with Crippen molar-refractivity contribution in [2.75, 3.05) is 31.0 Å². The number of methoxy groups -OCH3 is 2. The molecule has 1 atom stereocenters. The van der Waals surface area contributed by atoms with Crippen LogP contribution in [0.5, 0.6) is 11.5 Å². The van der Waals surface area contributed by atoms with E-state index in [9.17, 15) is 9.59 Å². The van der Waals surface area contributed by atoms with Crippen molar-refractivity contribution in [2.24, 2.45) is 0 Å². The number of anilines is 2. The third kappa shape index (κ3) is 4.31. The second kappa shape index (κ2) is 8.65. The number of nitrogens with zero attached hydrogens (tertiary/aromatic N) is 3. The lowest BCUT2D eigenvalue weighted by Gasteiger charge is -2.16. The van der Waals surface area contributed by atoms with Gasteiger partial charge >= 0.3 is 6.01 Å². The number of benzene rings is 2. The van der Waals surface area contributed by atoms with Crippen molar-refractivity contribution in [3.05, 3.63) is 58.9 Å². The van der Waals surface area contributed by atoms with E-state index in [-0.39, 0.29) is 30.2 Å². The van der Waals surface area contributed by atoms with Gasteiger partial charge in [-0.2, -0.15) is 0 Å². The Morgan fingerprint density at radius 2 is 1.94 bits per heavy atom. The van der Waals surface area contributed by atoms with E-state index in [1.54, 1.807) is 36.3 Å². The molecular weight excluding hydrogens is 424 g/mol. The highest BCUT2D eigenvalue weighted by Gasteiger charge is 2.35. The molecule has 2 amide bonds. The number of ether oxygens (including phenoxy) is 2. The van der Waals surface area contributed by atoms with E-state index in [1.165, 1.54) is 13.2 Å². The molecule has 1 unspecified atom stereocenters. The summed E-state index contributed by atoms with van der Waals surface area (Å²) in [5, 5.41) is 10.7. The van der Waals surface area contributed by atoms with Crippen LogP contribution < -0.4 is 19.7 Å².